The van der Waals surface area contributed by atoms with Crippen LogP contribution >= 0.6 is 0 Å². The molecule has 0 spiro atoms. The van der Waals surface area contributed by atoms with E-state index in [0.29, 0.717) is 48.2 Å². The van der Waals surface area contributed by atoms with Gasteiger partial charge < -0.3 is 15.5 Å². The van der Waals surface area contributed by atoms with Gasteiger partial charge in [0.25, 0.3) is 5.91 Å². The molecule has 4 heterocycles. The van der Waals surface area contributed by atoms with E-state index in [9.17, 15) is 27.2 Å². The Morgan fingerprint density at radius 3 is 2.27 bits per heavy atom. The van der Waals surface area contributed by atoms with Gasteiger partial charge in [-0.2, -0.15) is 18.3 Å². The molecule has 2 saturated heterocycles. The zero-order valence-electron chi connectivity index (χ0n) is 19.7. The predicted octanol–water partition coefficient (Wildman–Crippen LogP) is 3.69. The van der Waals surface area contributed by atoms with Gasteiger partial charge in [-0.05, 0) is 31.0 Å². The van der Waals surface area contributed by atoms with Crippen molar-refractivity contribution >= 4 is 28.5 Å². The quantitative estimate of drug-likeness (QED) is 0.412. The van der Waals surface area contributed by atoms with Crippen LogP contribution in [0.4, 0.5) is 23.2 Å². The summed E-state index contributed by atoms with van der Waals surface area (Å²) < 4.78 is 54.4. The van der Waals surface area contributed by atoms with Crippen LogP contribution in [-0.4, -0.2) is 57.7 Å². The van der Waals surface area contributed by atoms with Crippen LogP contribution in [0.25, 0.3) is 22.3 Å². The molecule has 37 heavy (non-hydrogen) atoms. The molecule has 0 unspecified atom stereocenters. The van der Waals surface area contributed by atoms with Crippen LogP contribution in [0.5, 0.6) is 0 Å². The summed E-state index contributed by atoms with van der Waals surface area (Å²) in [7, 11) is 0. The Bertz CT molecular complexity index is 1370. The first-order valence-corrected chi connectivity index (χ1v) is 11.8. The molecule has 12 heteroatoms. The maximum Gasteiger partial charge on any atom is 0.416 e. The zero-order valence-corrected chi connectivity index (χ0v) is 19.7. The predicted molar refractivity (Wildman–Crippen MR) is 128 cm³/mol. The van der Waals surface area contributed by atoms with E-state index >= 15 is 0 Å². The number of nitrogens with zero attached hydrogens (tertiary/aromatic N) is 5. The van der Waals surface area contributed by atoms with Gasteiger partial charge in [0.15, 0.2) is 5.83 Å². The number of rotatable bonds is 5. The average molecular weight is 516 g/mol. The number of pyridine rings is 1. The third-order valence-electron chi connectivity index (χ3n) is 7.02. The summed E-state index contributed by atoms with van der Waals surface area (Å²) >= 11 is 0. The largest absolute Gasteiger partial charge is 0.416 e. The second kappa shape index (κ2) is 9.16. The highest BCUT2D eigenvalue weighted by Crippen LogP contribution is 2.38. The molecule has 0 bridgehead atoms. The van der Waals surface area contributed by atoms with Crippen molar-refractivity contribution in [1.29, 1.82) is 0 Å². The molecule has 0 aliphatic carbocycles. The molecule has 8 nitrogen and oxygen atoms in total. The lowest BCUT2D eigenvalue weighted by Crippen LogP contribution is -2.51. The van der Waals surface area contributed by atoms with E-state index in [2.05, 4.69) is 16.5 Å². The highest BCUT2D eigenvalue weighted by Gasteiger charge is 2.37. The van der Waals surface area contributed by atoms with Gasteiger partial charge in [-0.3, -0.25) is 19.3 Å². The Morgan fingerprint density at radius 2 is 1.70 bits per heavy atom. The number of alkyl halides is 3. The van der Waals surface area contributed by atoms with Crippen LogP contribution in [-0.2, 0) is 15.8 Å². The van der Waals surface area contributed by atoms with Gasteiger partial charge >= 0.3 is 6.18 Å². The lowest BCUT2D eigenvalue weighted by atomic mass is 9.96. The summed E-state index contributed by atoms with van der Waals surface area (Å²) in [5.74, 6) is -2.37. The number of nitrogens with two attached hydrogens (primary N) is 1. The van der Waals surface area contributed by atoms with Gasteiger partial charge in [-0.15, -0.1) is 0 Å². The third kappa shape index (κ3) is 4.51. The molecule has 194 valence electrons. The molecule has 1 aromatic carbocycles. The first kappa shape index (κ1) is 24.7. The van der Waals surface area contributed by atoms with Gasteiger partial charge in [-0.25, -0.2) is 4.39 Å². The minimum atomic E-state index is -4.47. The summed E-state index contributed by atoms with van der Waals surface area (Å²) in [6.45, 7) is 4.60. The number of carbonyl (C=O) groups is 2. The number of aromatic nitrogens is 3. The van der Waals surface area contributed by atoms with E-state index in [-0.39, 0.29) is 31.0 Å². The van der Waals surface area contributed by atoms with E-state index in [0.717, 1.165) is 17.8 Å². The molecule has 5 rings (SSSR count). The lowest BCUT2D eigenvalue weighted by molar-refractivity contribution is -0.137. The Balaban J connectivity index is 1.56. The topological polar surface area (TPSA) is 97.3 Å². The monoisotopic (exact) mass is 516 g/mol. The second-order valence-electron chi connectivity index (χ2n) is 9.33. The number of benzene rings is 1. The zero-order chi connectivity index (χ0) is 26.5. The van der Waals surface area contributed by atoms with Gasteiger partial charge in [0.05, 0.1) is 17.3 Å². The number of hydrogen-bond donors (Lipinski definition) is 1. The summed E-state index contributed by atoms with van der Waals surface area (Å²) in [6, 6.07) is 6.23. The summed E-state index contributed by atoms with van der Waals surface area (Å²) in [4.78, 5) is 31.5. The highest BCUT2D eigenvalue weighted by molar-refractivity contribution is 5.98. The van der Waals surface area contributed by atoms with E-state index in [4.69, 9.17) is 10.8 Å². The molecule has 2 aliphatic heterocycles. The molecular weight excluding hydrogens is 492 g/mol. The first-order chi connectivity index (χ1) is 17.5. The number of hydrogen-bond acceptors (Lipinski definition) is 5. The van der Waals surface area contributed by atoms with Crippen LogP contribution < -0.4 is 10.6 Å². The van der Waals surface area contributed by atoms with Gasteiger partial charge in [0.1, 0.15) is 16.7 Å². The average Bonchev–Trinajstić information content (AvgIpc) is 3.22. The van der Waals surface area contributed by atoms with Crippen LogP contribution in [0.2, 0.25) is 0 Å². The fraction of sp³-hybridized carbons (Fsp3) is 0.360. The van der Waals surface area contributed by atoms with Crippen molar-refractivity contribution in [3.8, 4) is 11.3 Å². The van der Waals surface area contributed by atoms with Crippen LogP contribution in [0.15, 0.2) is 48.9 Å². The minimum absolute atomic E-state index is 0.198. The molecule has 2 N–H and O–H groups in total. The molecule has 0 atom stereocenters. The normalized spacial score (nSPS) is 17.2. The van der Waals surface area contributed by atoms with Crippen molar-refractivity contribution in [1.82, 2.24) is 19.7 Å². The maximum atomic E-state index is 13.3. The molecule has 0 radical (unpaired) electrons. The number of amides is 2. The Kier molecular flexibility index (Phi) is 6.12. The number of halogens is 4. The number of carbonyl (C=O) groups excluding carboxylic acids is 2. The fourth-order valence-electron chi connectivity index (χ4n) is 4.93. The van der Waals surface area contributed by atoms with Crippen molar-refractivity contribution in [2.75, 3.05) is 31.1 Å². The van der Waals surface area contributed by atoms with E-state index < -0.39 is 23.5 Å². The Morgan fingerprint density at radius 1 is 1.05 bits per heavy atom. The van der Waals surface area contributed by atoms with Crippen molar-refractivity contribution in [3.05, 3.63) is 54.5 Å². The molecular formula is C25H24F4N6O2. The van der Waals surface area contributed by atoms with Crippen molar-refractivity contribution in [3.63, 3.8) is 0 Å². The number of primary amides is 1. The first-order valence-electron chi connectivity index (χ1n) is 11.8. The summed E-state index contributed by atoms with van der Waals surface area (Å²) in [5.41, 5.74) is 7.52. The Hall–Kier alpha value is -3.96. The van der Waals surface area contributed by atoms with Crippen molar-refractivity contribution < 1.29 is 27.2 Å². The van der Waals surface area contributed by atoms with Gasteiger partial charge in [-0.1, -0.05) is 18.7 Å². The van der Waals surface area contributed by atoms with Crippen LogP contribution in [0.3, 0.4) is 0 Å². The molecule has 0 saturated carbocycles. The number of piperidine rings is 1. The minimum Gasteiger partial charge on any atom is -0.370 e. The summed E-state index contributed by atoms with van der Waals surface area (Å²) in [6.07, 6.45) is -1.68. The number of fused-ring (bicyclic) bond motifs is 1. The summed E-state index contributed by atoms with van der Waals surface area (Å²) in [5, 5.41) is 4.73. The number of anilines is 1. The molecule has 3 aromatic rings. The SMILES string of the molecule is C=C(F)C(=O)N1CC(n2nc(-c3ccc(C(F)(F)F)cc3)c3nccc(N4CCC(C(N)=O)CC4)c32)C1. The number of likely N-dealkylation sites (tertiary alicyclic amines) is 1. The van der Waals surface area contributed by atoms with Crippen LogP contribution in [0, 0.1) is 5.92 Å². The fourth-order valence-corrected chi connectivity index (χ4v) is 4.93. The van der Waals surface area contributed by atoms with Gasteiger partial charge in [0.2, 0.25) is 5.91 Å². The molecule has 2 amide bonds. The Labute approximate surface area is 209 Å². The lowest BCUT2D eigenvalue weighted by Gasteiger charge is -2.39. The van der Waals surface area contributed by atoms with E-state index in [1.165, 1.54) is 17.0 Å². The molecule has 2 aromatic heterocycles. The third-order valence-corrected chi connectivity index (χ3v) is 7.02. The van der Waals surface area contributed by atoms with Crippen molar-refractivity contribution in [2.24, 2.45) is 11.7 Å². The molecule has 2 aliphatic rings. The van der Waals surface area contributed by atoms with E-state index in [1.54, 1.807) is 10.9 Å². The van der Waals surface area contributed by atoms with Gasteiger partial charge in [0, 0.05) is 43.9 Å². The highest BCUT2D eigenvalue weighted by atomic mass is 19.4. The van der Waals surface area contributed by atoms with Crippen molar-refractivity contribution in [2.45, 2.75) is 25.1 Å². The van der Waals surface area contributed by atoms with Crippen LogP contribution in [0.1, 0.15) is 24.4 Å². The second-order valence-corrected chi connectivity index (χ2v) is 9.33. The smallest absolute Gasteiger partial charge is 0.370 e. The molecule has 2 fully saturated rings. The maximum absolute atomic E-state index is 13.3. The standard InChI is InChI=1S/C25H24F4N6O2/c1-14(26)24(37)34-12-18(13-34)35-22-19(33-10-7-16(8-11-33)23(30)36)6-9-31-21(22)20(32-35)15-2-4-17(5-3-15)25(27,28)29/h2-6,9,16,18H,1,7-8,10-13H2,(H2,30,36). The van der Waals surface area contributed by atoms with E-state index in [1.807, 2.05) is 6.07 Å².